The SMILES string of the molecule is CCOCc1cc(CNc2cc(C)nc3ccnn23)ccc1-c1ccccc1S(=O)(=O)Nc1noc(C)c1F. The van der Waals surface area contributed by atoms with Crippen molar-refractivity contribution in [2.75, 3.05) is 16.6 Å². The largest absolute Gasteiger partial charge is 0.377 e. The van der Waals surface area contributed by atoms with E-state index in [-0.39, 0.29) is 17.3 Å². The lowest BCUT2D eigenvalue weighted by molar-refractivity contribution is 0.134. The number of sulfonamides is 1. The van der Waals surface area contributed by atoms with Crippen LogP contribution in [0.15, 0.2) is 70.2 Å². The molecule has 0 atom stereocenters. The van der Waals surface area contributed by atoms with Crippen LogP contribution in [0.2, 0.25) is 0 Å². The summed E-state index contributed by atoms with van der Waals surface area (Å²) in [4.78, 5) is 4.44. The summed E-state index contributed by atoms with van der Waals surface area (Å²) >= 11 is 0. The molecule has 2 aromatic carbocycles. The zero-order chi connectivity index (χ0) is 27.6. The fourth-order valence-corrected chi connectivity index (χ4v) is 5.46. The number of hydrogen-bond acceptors (Lipinski definition) is 8. The fraction of sp³-hybridized carbons (Fsp3) is 0.222. The van der Waals surface area contributed by atoms with Gasteiger partial charge in [-0.15, -0.1) is 0 Å². The normalized spacial score (nSPS) is 11.7. The van der Waals surface area contributed by atoms with Gasteiger partial charge in [0.2, 0.25) is 11.6 Å². The summed E-state index contributed by atoms with van der Waals surface area (Å²) in [5.41, 5.74) is 4.50. The Morgan fingerprint density at radius 1 is 1.08 bits per heavy atom. The molecule has 0 aliphatic rings. The molecule has 3 heterocycles. The molecule has 5 aromatic rings. The number of nitrogens with zero attached hydrogens (tertiary/aromatic N) is 4. The summed E-state index contributed by atoms with van der Waals surface area (Å²) in [6.07, 6.45) is 1.69. The molecule has 0 radical (unpaired) electrons. The summed E-state index contributed by atoms with van der Waals surface area (Å²) in [6, 6.07) is 16.0. The molecule has 0 fully saturated rings. The molecule has 5 rings (SSSR count). The van der Waals surface area contributed by atoms with E-state index in [1.807, 2.05) is 44.2 Å². The van der Waals surface area contributed by atoms with Crippen molar-refractivity contribution in [3.05, 3.63) is 89.2 Å². The first-order chi connectivity index (χ1) is 18.8. The van der Waals surface area contributed by atoms with Gasteiger partial charge in [0.25, 0.3) is 10.0 Å². The Morgan fingerprint density at radius 3 is 2.67 bits per heavy atom. The molecule has 12 heteroatoms. The highest BCUT2D eigenvalue weighted by molar-refractivity contribution is 7.92. The summed E-state index contributed by atoms with van der Waals surface area (Å²) in [5, 5.41) is 11.2. The number of halogens is 1. The summed E-state index contributed by atoms with van der Waals surface area (Å²) < 4.78 is 55.3. The van der Waals surface area contributed by atoms with Crippen LogP contribution in [0.1, 0.15) is 29.5 Å². The van der Waals surface area contributed by atoms with Crippen LogP contribution in [0, 0.1) is 19.7 Å². The number of benzene rings is 2. The monoisotopic (exact) mass is 550 g/mol. The Hall–Kier alpha value is -4.29. The van der Waals surface area contributed by atoms with Crippen molar-refractivity contribution in [1.29, 1.82) is 0 Å². The maximum absolute atomic E-state index is 14.2. The highest BCUT2D eigenvalue weighted by Gasteiger charge is 2.24. The van der Waals surface area contributed by atoms with Gasteiger partial charge in [-0.05, 0) is 43.5 Å². The average molecular weight is 551 g/mol. The number of fused-ring (bicyclic) bond motifs is 1. The van der Waals surface area contributed by atoms with E-state index in [0.717, 1.165) is 28.3 Å². The molecule has 0 saturated heterocycles. The number of nitrogens with one attached hydrogen (secondary N) is 2. The quantitative estimate of drug-likeness (QED) is 0.247. The van der Waals surface area contributed by atoms with E-state index < -0.39 is 21.7 Å². The predicted octanol–water partition coefficient (Wildman–Crippen LogP) is 5.09. The number of aryl methyl sites for hydroxylation is 2. The summed E-state index contributed by atoms with van der Waals surface area (Å²) in [6.45, 7) is 6.43. The molecule has 0 aliphatic carbocycles. The van der Waals surface area contributed by atoms with Gasteiger partial charge < -0.3 is 14.6 Å². The predicted molar refractivity (Wildman–Crippen MR) is 144 cm³/mol. The van der Waals surface area contributed by atoms with Gasteiger partial charge in [0.15, 0.2) is 11.4 Å². The van der Waals surface area contributed by atoms with E-state index in [9.17, 15) is 12.8 Å². The van der Waals surface area contributed by atoms with Gasteiger partial charge in [-0.2, -0.15) is 14.0 Å². The smallest absolute Gasteiger partial charge is 0.263 e. The van der Waals surface area contributed by atoms with Crippen molar-refractivity contribution >= 4 is 27.3 Å². The van der Waals surface area contributed by atoms with E-state index in [1.54, 1.807) is 28.9 Å². The Balaban J connectivity index is 1.48. The van der Waals surface area contributed by atoms with E-state index in [4.69, 9.17) is 9.26 Å². The van der Waals surface area contributed by atoms with E-state index in [1.165, 1.54) is 13.0 Å². The first-order valence-electron chi connectivity index (χ1n) is 12.3. The Bertz CT molecular complexity index is 1750. The van der Waals surface area contributed by atoms with Crippen LogP contribution < -0.4 is 10.0 Å². The summed E-state index contributed by atoms with van der Waals surface area (Å²) in [7, 11) is -4.20. The molecule has 0 saturated carbocycles. The van der Waals surface area contributed by atoms with Crippen molar-refractivity contribution < 1.29 is 22.1 Å². The van der Waals surface area contributed by atoms with Crippen molar-refractivity contribution in [3.63, 3.8) is 0 Å². The number of anilines is 2. The van der Waals surface area contributed by atoms with Gasteiger partial charge in [-0.3, -0.25) is 4.72 Å². The average Bonchev–Trinajstić information content (AvgIpc) is 3.52. The first-order valence-corrected chi connectivity index (χ1v) is 13.7. The van der Waals surface area contributed by atoms with Crippen LogP contribution in [0.4, 0.5) is 16.0 Å². The van der Waals surface area contributed by atoms with Gasteiger partial charge in [0.1, 0.15) is 5.82 Å². The van der Waals surface area contributed by atoms with Gasteiger partial charge >= 0.3 is 0 Å². The van der Waals surface area contributed by atoms with Gasteiger partial charge in [-0.1, -0.05) is 41.6 Å². The van der Waals surface area contributed by atoms with Gasteiger partial charge in [-0.25, -0.2) is 13.4 Å². The molecular formula is C27H27FN6O4S. The first kappa shape index (κ1) is 26.3. The van der Waals surface area contributed by atoms with E-state index in [2.05, 4.69) is 25.3 Å². The molecule has 0 unspecified atom stereocenters. The van der Waals surface area contributed by atoms with Gasteiger partial charge in [0.05, 0.1) is 17.7 Å². The molecule has 39 heavy (non-hydrogen) atoms. The van der Waals surface area contributed by atoms with Crippen LogP contribution in [-0.2, 0) is 27.9 Å². The molecule has 2 N–H and O–H groups in total. The lowest BCUT2D eigenvalue weighted by Crippen LogP contribution is -2.15. The standard InChI is InChI=1S/C27H27FN6O4S/c1-4-37-16-20-14-19(15-29-25-13-17(2)31-24-11-12-30-34(24)25)9-10-21(20)22-7-5-6-8-23(22)39(35,36)33-27-26(28)18(3)38-32-27/h5-14,29H,4,15-16H2,1-3H3,(H,32,33). The maximum atomic E-state index is 14.2. The van der Waals surface area contributed by atoms with Crippen molar-refractivity contribution in [2.45, 2.75) is 38.8 Å². The van der Waals surface area contributed by atoms with Crippen LogP contribution >= 0.6 is 0 Å². The Labute approximate surface area is 224 Å². The topological polar surface area (TPSA) is 124 Å². The third-order valence-electron chi connectivity index (χ3n) is 6.08. The second kappa shape index (κ2) is 10.8. The zero-order valence-corrected chi connectivity index (χ0v) is 22.4. The molecule has 0 amide bonds. The minimum Gasteiger partial charge on any atom is -0.377 e. The lowest BCUT2D eigenvalue weighted by atomic mass is 9.97. The molecule has 0 bridgehead atoms. The summed E-state index contributed by atoms with van der Waals surface area (Å²) in [5.74, 6) is -0.659. The minimum atomic E-state index is -4.20. The second-order valence-corrected chi connectivity index (χ2v) is 10.5. The van der Waals surface area contributed by atoms with Crippen LogP contribution in [-0.4, -0.2) is 34.8 Å². The van der Waals surface area contributed by atoms with Crippen LogP contribution in [0.25, 0.3) is 16.8 Å². The fourth-order valence-electron chi connectivity index (χ4n) is 4.24. The van der Waals surface area contributed by atoms with Crippen LogP contribution in [0.5, 0.6) is 0 Å². The Morgan fingerprint density at radius 2 is 1.90 bits per heavy atom. The number of ether oxygens (including phenoxy) is 1. The molecular weight excluding hydrogens is 523 g/mol. The number of hydrogen-bond donors (Lipinski definition) is 2. The Kier molecular flexibility index (Phi) is 7.31. The highest BCUT2D eigenvalue weighted by atomic mass is 32.2. The van der Waals surface area contributed by atoms with Crippen molar-refractivity contribution in [3.8, 4) is 11.1 Å². The van der Waals surface area contributed by atoms with E-state index >= 15 is 0 Å². The highest BCUT2D eigenvalue weighted by Crippen LogP contribution is 2.33. The molecule has 3 aromatic heterocycles. The third-order valence-corrected chi connectivity index (χ3v) is 7.48. The maximum Gasteiger partial charge on any atom is 0.263 e. The third kappa shape index (κ3) is 5.47. The molecule has 202 valence electrons. The van der Waals surface area contributed by atoms with Crippen LogP contribution in [0.3, 0.4) is 0 Å². The molecule has 0 spiro atoms. The van der Waals surface area contributed by atoms with Crippen molar-refractivity contribution in [1.82, 2.24) is 19.8 Å². The zero-order valence-electron chi connectivity index (χ0n) is 21.6. The number of rotatable bonds is 10. The minimum absolute atomic E-state index is 0.0259. The molecule has 10 nitrogen and oxygen atoms in total. The van der Waals surface area contributed by atoms with Gasteiger partial charge in [0, 0.05) is 36.5 Å². The molecule has 0 aliphatic heterocycles. The number of aromatic nitrogens is 4. The second-order valence-electron chi connectivity index (χ2n) is 8.87. The van der Waals surface area contributed by atoms with E-state index in [0.29, 0.717) is 24.3 Å². The van der Waals surface area contributed by atoms with Crippen molar-refractivity contribution in [2.24, 2.45) is 0 Å². The lowest BCUT2D eigenvalue weighted by Gasteiger charge is -2.16.